The molecule has 6 rings (SSSR count). The second kappa shape index (κ2) is 9.80. The Kier molecular flexibility index (Phi) is 6.64. The average molecular weight is 577 g/mol. The fourth-order valence-corrected chi connectivity index (χ4v) is 7.24. The first-order valence-corrected chi connectivity index (χ1v) is 15.3. The standard InChI is InChI=1S/C37H44N4O2/c1-20-21(2)33-31(26-14-12-11-13-15-26)29-18-36(9,10)37(41-29,19-43-25(6)42)34-23(4)22(3)32(40-34)24(5)28-17-35(7,8)30(38-28)16-27(20)39-33/h11-16,39-40H,17-19H2,1-10H3/b27-16-,28-24-,33-31-. The van der Waals surface area contributed by atoms with E-state index in [4.69, 9.17) is 14.7 Å². The molecule has 0 spiro atoms. The maximum absolute atomic E-state index is 12.3. The molecule has 3 aliphatic heterocycles. The van der Waals surface area contributed by atoms with Crippen LogP contribution in [-0.2, 0) is 15.1 Å². The molecule has 6 nitrogen and oxygen atoms in total. The molecule has 3 aliphatic rings. The van der Waals surface area contributed by atoms with Crippen molar-refractivity contribution < 1.29 is 9.53 Å². The van der Waals surface area contributed by atoms with Crippen LogP contribution >= 0.6 is 0 Å². The highest BCUT2D eigenvalue weighted by atomic mass is 16.5. The van der Waals surface area contributed by atoms with E-state index in [2.05, 4.69) is 103 Å². The Labute approximate surface area is 254 Å². The van der Waals surface area contributed by atoms with Crippen LogP contribution in [0.1, 0.15) is 93.6 Å². The van der Waals surface area contributed by atoms with Crippen molar-refractivity contribution in [2.24, 2.45) is 20.8 Å². The van der Waals surface area contributed by atoms with Gasteiger partial charge in [-0.3, -0.25) is 14.8 Å². The summed E-state index contributed by atoms with van der Waals surface area (Å²) in [5.74, 6) is -0.303. The zero-order valence-electron chi connectivity index (χ0n) is 27.3. The summed E-state index contributed by atoms with van der Waals surface area (Å²) in [5, 5.41) is 2.16. The van der Waals surface area contributed by atoms with E-state index in [-0.39, 0.29) is 23.4 Å². The summed E-state index contributed by atoms with van der Waals surface area (Å²) in [6.45, 7) is 21.6. The minimum Gasteiger partial charge on any atom is -0.463 e. The van der Waals surface area contributed by atoms with Crippen LogP contribution in [0.3, 0.4) is 0 Å². The predicted octanol–water partition coefficient (Wildman–Crippen LogP) is 6.50. The van der Waals surface area contributed by atoms with Crippen molar-refractivity contribution in [3.63, 3.8) is 0 Å². The molecule has 0 saturated carbocycles. The van der Waals surface area contributed by atoms with Crippen LogP contribution in [0.4, 0.5) is 0 Å². The van der Waals surface area contributed by atoms with Crippen LogP contribution < -0.4 is 10.7 Å². The van der Waals surface area contributed by atoms with E-state index in [0.29, 0.717) is 0 Å². The first-order valence-electron chi connectivity index (χ1n) is 15.3. The number of aliphatic imine (C=N–C) groups is 2. The third kappa shape index (κ3) is 4.40. The normalized spacial score (nSPS) is 25.8. The summed E-state index contributed by atoms with van der Waals surface area (Å²) < 4.78 is 5.88. The molecule has 6 heteroatoms. The second-order valence-corrected chi connectivity index (χ2v) is 14.1. The Morgan fingerprint density at radius 3 is 2.28 bits per heavy atom. The van der Waals surface area contributed by atoms with E-state index in [1.54, 1.807) is 0 Å². The van der Waals surface area contributed by atoms with E-state index in [1.165, 1.54) is 23.6 Å². The number of ether oxygens (including phenoxy) is 1. The number of aromatic amines is 2. The average Bonchev–Trinajstić information content (AvgIpc) is 3.60. The second-order valence-electron chi connectivity index (χ2n) is 14.1. The van der Waals surface area contributed by atoms with Gasteiger partial charge in [0, 0.05) is 57.9 Å². The Bertz CT molecular complexity index is 1890. The number of nitrogens with zero attached hydrogens (tertiary/aromatic N) is 2. The number of benzene rings is 1. The van der Waals surface area contributed by atoms with Crippen LogP contribution in [0.2, 0.25) is 0 Å². The molecule has 8 bridgehead atoms. The Morgan fingerprint density at radius 2 is 1.60 bits per heavy atom. The summed E-state index contributed by atoms with van der Waals surface area (Å²) in [6.07, 6.45) is 3.83. The van der Waals surface area contributed by atoms with Crippen molar-refractivity contribution >= 4 is 34.6 Å². The number of carbonyl (C=O) groups excluding carboxylic acids is 1. The highest BCUT2D eigenvalue weighted by Gasteiger charge is 2.55. The van der Waals surface area contributed by atoms with Crippen molar-refractivity contribution in [3.05, 3.63) is 85.9 Å². The molecule has 3 aromatic rings. The van der Waals surface area contributed by atoms with Crippen LogP contribution in [0.5, 0.6) is 0 Å². The molecule has 0 saturated heterocycles. The minimum absolute atomic E-state index is 0.106. The molecule has 1 unspecified atom stereocenters. The Balaban J connectivity index is 1.81. The molecular formula is C37H44N4O2. The van der Waals surface area contributed by atoms with Gasteiger partial charge in [-0.2, -0.15) is 0 Å². The van der Waals surface area contributed by atoms with E-state index in [9.17, 15) is 4.79 Å². The van der Waals surface area contributed by atoms with Crippen LogP contribution in [0.25, 0.3) is 17.2 Å². The molecule has 0 fully saturated rings. The lowest BCUT2D eigenvalue weighted by Gasteiger charge is -2.38. The third-order valence-corrected chi connectivity index (χ3v) is 10.4. The topological polar surface area (TPSA) is 82.6 Å². The highest BCUT2D eigenvalue weighted by molar-refractivity contribution is 6.24. The van der Waals surface area contributed by atoms with Gasteiger partial charge in [-0.05, 0) is 80.5 Å². The lowest BCUT2D eigenvalue weighted by Crippen LogP contribution is -2.42. The van der Waals surface area contributed by atoms with Gasteiger partial charge < -0.3 is 14.7 Å². The zero-order chi connectivity index (χ0) is 31.1. The number of nitrogens with one attached hydrogen (secondary N) is 2. The summed E-state index contributed by atoms with van der Waals surface area (Å²) in [6, 6.07) is 10.5. The smallest absolute Gasteiger partial charge is 0.302 e. The molecule has 0 radical (unpaired) electrons. The largest absolute Gasteiger partial charge is 0.463 e. The SMILES string of the molecule is CC(=O)OCC12N=C(CC1(C)C)/C(c1ccccc1)=c1\[nH]/c(c(C)c1C)=C\C1=NC(=C(/C)c3[nH]c2c(C)c3C)/CC1(C)C. The van der Waals surface area contributed by atoms with Crippen molar-refractivity contribution in [1.82, 2.24) is 9.97 Å². The van der Waals surface area contributed by atoms with Crippen molar-refractivity contribution in [1.29, 1.82) is 0 Å². The predicted molar refractivity (Wildman–Crippen MR) is 176 cm³/mol. The van der Waals surface area contributed by atoms with E-state index >= 15 is 0 Å². The van der Waals surface area contributed by atoms with E-state index in [0.717, 1.165) is 74.3 Å². The molecule has 2 aromatic heterocycles. The first kappa shape index (κ1) is 29.2. The van der Waals surface area contributed by atoms with Gasteiger partial charge in [0.25, 0.3) is 0 Å². The maximum Gasteiger partial charge on any atom is 0.302 e. The molecule has 1 atom stereocenters. The number of allylic oxidation sites excluding steroid dienone is 2. The number of fused-ring (bicyclic) bond motifs is 7. The number of hydrogen-bond donors (Lipinski definition) is 2. The summed E-state index contributed by atoms with van der Waals surface area (Å²) in [7, 11) is 0. The van der Waals surface area contributed by atoms with Gasteiger partial charge in [-0.1, -0.05) is 58.0 Å². The number of H-pyrrole nitrogens is 2. The summed E-state index contributed by atoms with van der Waals surface area (Å²) in [4.78, 5) is 30.9. The highest BCUT2D eigenvalue weighted by Crippen LogP contribution is 2.53. The fourth-order valence-electron chi connectivity index (χ4n) is 7.24. The Morgan fingerprint density at radius 1 is 0.907 bits per heavy atom. The number of esters is 1. The third-order valence-electron chi connectivity index (χ3n) is 10.4. The van der Waals surface area contributed by atoms with Crippen molar-refractivity contribution in [2.45, 2.75) is 87.6 Å². The van der Waals surface area contributed by atoms with Crippen LogP contribution in [0.15, 0.2) is 46.0 Å². The quantitative estimate of drug-likeness (QED) is 0.349. The molecular weight excluding hydrogens is 532 g/mol. The monoisotopic (exact) mass is 576 g/mol. The molecule has 1 aromatic carbocycles. The Hall–Kier alpha value is -3.93. The van der Waals surface area contributed by atoms with Gasteiger partial charge in [0.1, 0.15) is 12.1 Å². The van der Waals surface area contributed by atoms with Gasteiger partial charge >= 0.3 is 5.97 Å². The fraction of sp³-hybridized carbons (Fsp3) is 0.432. The number of rotatable bonds is 3. The molecule has 43 heavy (non-hydrogen) atoms. The number of hydrogen-bond acceptors (Lipinski definition) is 4. The zero-order valence-corrected chi connectivity index (χ0v) is 27.3. The van der Waals surface area contributed by atoms with Crippen molar-refractivity contribution in [2.75, 3.05) is 6.61 Å². The van der Waals surface area contributed by atoms with Gasteiger partial charge in [0.15, 0.2) is 0 Å². The molecule has 0 amide bonds. The number of aromatic nitrogens is 2. The first-order chi connectivity index (χ1) is 20.2. The van der Waals surface area contributed by atoms with Gasteiger partial charge in [0.2, 0.25) is 0 Å². The van der Waals surface area contributed by atoms with Crippen LogP contribution in [-0.4, -0.2) is 34.0 Å². The van der Waals surface area contributed by atoms with Gasteiger partial charge in [0.05, 0.1) is 11.0 Å². The van der Waals surface area contributed by atoms with E-state index in [1.807, 2.05) is 6.07 Å². The number of carbonyl (C=O) groups is 1. The molecule has 224 valence electrons. The summed E-state index contributed by atoms with van der Waals surface area (Å²) >= 11 is 0. The molecule has 5 heterocycles. The van der Waals surface area contributed by atoms with Gasteiger partial charge in [-0.15, -0.1) is 0 Å². The van der Waals surface area contributed by atoms with Crippen molar-refractivity contribution in [3.8, 4) is 0 Å². The molecule has 2 N–H and O–H groups in total. The van der Waals surface area contributed by atoms with Crippen LogP contribution in [0, 0.1) is 38.5 Å². The summed E-state index contributed by atoms with van der Waals surface area (Å²) in [5.41, 5.74) is 12.1. The lowest BCUT2D eigenvalue weighted by atomic mass is 9.69. The maximum atomic E-state index is 12.3. The molecule has 0 aliphatic carbocycles. The van der Waals surface area contributed by atoms with E-state index < -0.39 is 5.54 Å². The lowest BCUT2D eigenvalue weighted by molar-refractivity contribution is -0.144. The van der Waals surface area contributed by atoms with Gasteiger partial charge in [-0.25, -0.2) is 0 Å². The minimum atomic E-state index is -0.805.